The predicted molar refractivity (Wildman–Crippen MR) is 115 cm³/mol. The van der Waals surface area contributed by atoms with Gasteiger partial charge in [-0.2, -0.15) is 4.98 Å². The molecule has 3 aromatic rings. The van der Waals surface area contributed by atoms with E-state index in [1.165, 1.54) is 0 Å². The standard InChI is InChI=1S/C22H23ClN4O3/c1-29-16-8-9-17(18(13-16)30-2)19-24-21(27-26-19)25-20(28)22(10-3-4-11-22)14-6-5-7-15(23)12-14/h5-9,12-13H,3-4,10-11H2,1-2H3,(H2,24,25,26,27,28). The maximum atomic E-state index is 13.3. The number of hydrogen-bond acceptors (Lipinski definition) is 5. The normalized spacial score (nSPS) is 15.0. The van der Waals surface area contributed by atoms with Gasteiger partial charge in [0, 0.05) is 11.1 Å². The number of methoxy groups -OCH3 is 2. The second kappa shape index (κ2) is 8.36. The number of nitrogens with one attached hydrogen (secondary N) is 2. The molecule has 0 aliphatic heterocycles. The fraction of sp³-hybridized carbons (Fsp3) is 0.318. The van der Waals surface area contributed by atoms with E-state index < -0.39 is 5.41 Å². The average molecular weight is 427 g/mol. The minimum absolute atomic E-state index is 0.116. The number of benzene rings is 2. The molecule has 8 heteroatoms. The Labute approximate surface area is 179 Å². The molecule has 4 rings (SSSR count). The molecule has 0 saturated heterocycles. The number of amides is 1. The monoisotopic (exact) mass is 426 g/mol. The molecule has 1 amide bonds. The first-order chi connectivity index (χ1) is 14.6. The maximum Gasteiger partial charge on any atom is 0.249 e. The topological polar surface area (TPSA) is 89.1 Å². The molecule has 30 heavy (non-hydrogen) atoms. The summed E-state index contributed by atoms with van der Waals surface area (Å²) in [6.07, 6.45) is 3.51. The molecular formula is C22H23ClN4O3. The van der Waals surface area contributed by atoms with Gasteiger partial charge in [-0.3, -0.25) is 15.2 Å². The van der Waals surface area contributed by atoms with E-state index in [2.05, 4.69) is 20.5 Å². The molecule has 1 fully saturated rings. The van der Waals surface area contributed by atoms with Crippen LogP contribution in [0.2, 0.25) is 5.02 Å². The quantitative estimate of drug-likeness (QED) is 0.601. The summed E-state index contributed by atoms with van der Waals surface area (Å²) in [5.41, 5.74) is 1.03. The van der Waals surface area contributed by atoms with Gasteiger partial charge in [-0.15, -0.1) is 5.10 Å². The SMILES string of the molecule is COc1ccc(-c2nc(NC(=O)C3(c4cccc(Cl)c4)CCCC3)n[nH]2)c(OC)c1. The van der Waals surface area contributed by atoms with Gasteiger partial charge in [-0.1, -0.05) is 36.6 Å². The minimum Gasteiger partial charge on any atom is -0.497 e. The molecule has 1 aliphatic rings. The lowest BCUT2D eigenvalue weighted by atomic mass is 9.78. The highest BCUT2D eigenvalue weighted by atomic mass is 35.5. The third-order valence-corrected chi connectivity index (χ3v) is 5.88. The Morgan fingerprint density at radius 2 is 1.93 bits per heavy atom. The van der Waals surface area contributed by atoms with Gasteiger partial charge in [-0.05, 0) is 42.7 Å². The Kier molecular flexibility index (Phi) is 5.63. The number of carbonyl (C=O) groups excluding carboxylic acids is 1. The third-order valence-electron chi connectivity index (χ3n) is 5.64. The Hall–Kier alpha value is -3.06. The number of rotatable bonds is 6. The fourth-order valence-electron chi connectivity index (χ4n) is 4.07. The van der Waals surface area contributed by atoms with Crippen LogP contribution in [0.15, 0.2) is 42.5 Å². The van der Waals surface area contributed by atoms with Crippen LogP contribution >= 0.6 is 11.6 Å². The van der Waals surface area contributed by atoms with Crippen LogP contribution in [-0.4, -0.2) is 35.3 Å². The smallest absolute Gasteiger partial charge is 0.249 e. The first kappa shape index (κ1) is 20.2. The summed E-state index contributed by atoms with van der Waals surface area (Å²) >= 11 is 6.19. The number of nitrogens with zero attached hydrogens (tertiary/aromatic N) is 2. The van der Waals surface area contributed by atoms with E-state index in [-0.39, 0.29) is 11.9 Å². The van der Waals surface area contributed by atoms with Gasteiger partial charge in [0.25, 0.3) is 0 Å². The largest absolute Gasteiger partial charge is 0.497 e. The second-order valence-corrected chi connectivity index (χ2v) is 7.76. The van der Waals surface area contributed by atoms with Crippen LogP contribution in [0.5, 0.6) is 11.5 Å². The first-order valence-corrected chi connectivity index (χ1v) is 10.2. The number of halogens is 1. The summed E-state index contributed by atoms with van der Waals surface area (Å²) in [6, 6.07) is 12.9. The number of aromatic nitrogens is 3. The van der Waals surface area contributed by atoms with Gasteiger partial charge in [0.2, 0.25) is 11.9 Å². The number of carbonyl (C=O) groups is 1. The lowest BCUT2D eigenvalue weighted by molar-refractivity contribution is -0.121. The zero-order valence-electron chi connectivity index (χ0n) is 16.9. The molecule has 2 aromatic carbocycles. The van der Waals surface area contributed by atoms with Crippen molar-refractivity contribution in [3.8, 4) is 22.9 Å². The molecule has 1 heterocycles. The lowest BCUT2D eigenvalue weighted by Gasteiger charge is -2.27. The summed E-state index contributed by atoms with van der Waals surface area (Å²) in [5.74, 6) is 1.87. The molecule has 1 aromatic heterocycles. The Morgan fingerprint density at radius 1 is 1.13 bits per heavy atom. The molecule has 156 valence electrons. The number of aromatic amines is 1. The van der Waals surface area contributed by atoms with Gasteiger partial charge < -0.3 is 9.47 Å². The van der Waals surface area contributed by atoms with E-state index in [0.717, 1.165) is 36.8 Å². The summed E-state index contributed by atoms with van der Waals surface area (Å²) in [6.45, 7) is 0. The Morgan fingerprint density at radius 3 is 2.63 bits per heavy atom. The van der Waals surface area contributed by atoms with Crippen LogP contribution in [0.4, 0.5) is 5.95 Å². The highest BCUT2D eigenvalue weighted by Gasteiger charge is 2.43. The Balaban J connectivity index is 1.60. The van der Waals surface area contributed by atoms with Crippen molar-refractivity contribution in [1.29, 1.82) is 0 Å². The van der Waals surface area contributed by atoms with Crippen molar-refractivity contribution < 1.29 is 14.3 Å². The van der Waals surface area contributed by atoms with Crippen LogP contribution < -0.4 is 14.8 Å². The van der Waals surface area contributed by atoms with Crippen LogP contribution in [0, 0.1) is 0 Å². The van der Waals surface area contributed by atoms with Crippen molar-refractivity contribution in [3.05, 3.63) is 53.1 Å². The first-order valence-electron chi connectivity index (χ1n) is 9.78. The van der Waals surface area contributed by atoms with E-state index >= 15 is 0 Å². The predicted octanol–water partition coefficient (Wildman–Crippen LogP) is 4.59. The molecule has 0 spiro atoms. The fourth-order valence-corrected chi connectivity index (χ4v) is 4.26. The number of H-pyrrole nitrogens is 1. The van der Waals surface area contributed by atoms with E-state index in [0.29, 0.717) is 22.3 Å². The van der Waals surface area contributed by atoms with E-state index in [9.17, 15) is 4.79 Å². The zero-order chi connectivity index (χ0) is 21.1. The van der Waals surface area contributed by atoms with Crippen molar-refractivity contribution >= 4 is 23.5 Å². The van der Waals surface area contributed by atoms with Crippen molar-refractivity contribution in [2.75, 3.05) is 19.5 Å². The van der Waals surface area contributed by atoms with Gasteiger partial charge in [-0.25, -0.2) is 0 Å². The molecular weight excluding hydrogens is 404 g/mol. The minimum atomic E-state index is -0.622. The number of ether oxygens (including phenoxy) is 2. The van der Waals surface area contributed by atoms with Gasteiger partial charge in [0.15, 0.2) is 5.82 Å². The molecule has 1 aliphatic carbocycles. The van der Waals surface area contributed by atoms with Crippen molar-refractivity contribution in [3.63, 3.8) is 0 Å². The van der Waals surface area contributed by atoms with Gasteiger partial charge in [0.1, 0.15) is 11.5 Å². The molecule has 0 unspecified atom stereocenters. The van der Waals surface area contributed by atoms with Crippen molar-refractivity contribution in [2.24, 2.45) is 0 Å². The van der Waals surface area contributed by atoms with Crippen LogP contribution in [0.1, 0.15) is 31.2 Å². The maximum absolute atomic E-state index is 13.3. The number of hydrogen-bond donors (Lipinski definition) is 2. The van der Waals surface area contributed by atoms with Gasteiger partial charge >= 0.3 is 0 Å². The van der Waals surface area contributed by atoms with Crippen molar-refractivity contribution in [1.82, 2.24) is 15.2 Å². The summed E-state index contributed by atoms with van der Waals surface area (Å²) in [5, 5.41) is 10.6. The third kappa shape index (κ3) is 3.73. The Bertz CT molecular complexity index is 1060. The van der Waals surface area contributed by atoms with E-state index in [1.54, 1.807) is 20.3 Å². The summed E-state index contributed by atoms with van der Waals surface area (Å²) in [4.78, 5) is 17.8. The summed E-state index contributed by atoms with van der Waals surface area (Å²) in [7, 11) is 3.17. The number of anilines is 1. The van der Waals surface area contributed by atoms with Crippen LogP contribution in [-0.2, 0) is 10.2 Å². The molecule has 0 atom stereocenters. The van der Waals surface area contributed by atoms with E-state index in [4.69, 9.17) is 21.1 Å². The summed E-state index contributed by atoms with van der Waals surface area (Å²) < 4.78 is 10.7. The molecule has 0 radical (unpaired) electrons. The van der Waals surface area contributed by atoms with Crippen LogP contribution in [0.3, 0.4) is 0 Å². The van der Waals surface area contributed by atoms with E-state index in [1.807, 2.05) is 36.4 Å². The highest BCUT2D eigenvalue weighted by Crippen LogP contribution is 2.42. The second-order valence-electron chi connectivity index (χ2n) is 7.33. The molecule has 2 N–H and O–H groups in total. The molecule has 1 saturated carbocycles. The highest BCUT2D eigenvalue weighted by molar-refractivity contribution is 6.30. The molecule has 7 nitrogen and oxygen atoms in total. The average Bonchev–Trinajstić information content (AvgIpc) is 3.44. The lowest BCUT2D eigenvalue weighted by Crippen LogP contribution is -2.38. The molecule has 0 bridgehead atoms. The zero-order valence-corrected chi connectivity index (χ0v) is 17.6. The van der Waals surface area contributed by atoms with Crippen molar-refractivity contribution in [2.45, 2.75) is 31.1 Å². The van der Waals surface area contributed by atoms with Gasteiger partial charge in [0.05, 0.1) is 25.2 Å². The van der Waals surface area contributed by atoms with Crippen LogP contribution in [0.25, 0.3) is 11.4 Å².